The molecule has 5 nitrogen and oxygen atoms in total. The number of nitrogens with one attached hydrogen (secondary N) is 1. The van der Waals surface area contributed by atoms with Gasteiger partial charge in [0.05, 0.1) is 30.6 Å². The summed E-state index contributed by atoms with van der Waals surface area (Å²) in [5.41, 5.74) is 1.15. The molecule has 0 spiro atoms. The van der Waals surface area contributed by atoms with Gasteiger partial charge in [-0.05, 0) is 39.7 Å². The number of nitrogens with zero attached hydrogens (tertiary/aromatic N) is 2. The second-order valence-electron chi connectivity index (χ2n) is 5.20. The van der Waals surface area contributed by atoms with E-state index in [0.29, 0.717) is 0 Å². The first kappa shape index (κ1) is 14.3. The van der Waals surface area contributed by atoms with E-state index in [1.807, 2.05) is 18.8 Å². The second kappa shape index (κ2) is 5.92. The van der Waals surface area contributed by atoms with Gasteiger partial charge >= 0.3 is 0 Å². The van der Waals surface area contributed by atoms with Gasteiger partial charge in [-0.2, -0.15) is 5.10 Å². The fraction of sp³-hybridized carbons (Fsp3) is 0.786. The van der Waals surface area contributed by atoms with E-state index in [9.17, 15) is 0 Å². The second-order valence-corrected chi connectivity index (χ2v) is 5.20. The molecule has 1 heterocycles. The van der Waals surface area contributed by atoms with E-state index >= 15 is 0 Å². The van der Waals surface area contributed by atoms with Crippen LogP contribution in [0.1, 0.15) is 44.3 Å². The molecule has 0 radical (unpaired) electrons. The molecule has 1 aliphatic carbocycles. The summed E-state index contributed by atoms with van der Waals surface area (Å²) < 4.78 is 13.2. The van der Waals surface area contributed by atoms with Gasteiger partial charge in [-0.25, -0.2) is 0 Å². The quantitative estimate of drug-likeness (QED) is 0.822. The smallest absolute Gasteiger partial charge is 0.161 e. The summed E-state index contributed by atoms with van der Waals surface area (Å²) in [4.78, 5) is 0. The summed E-state index contributed by atoms with van der Waals surface area (Å²) in [5.74, 6) is 0.853. The third-order valence-corrected chi connectivity index (χ3v) is 4.32. The Balaban J connectivity index is 2.23. The van der Waals surface area contributed by atoms with Crippen LogP contribution in [0.3, 0.4) is 0 Å². The monoisotopic (exact) mass is 267 g/mol. The standard InChI is InChI=1S/C14H25N3O2/c1-5-17-13(12(18-3)10-16-17)11(15-2)9-14(19-4)7-6-8-14/h10-11,15H,5-9H2,1-4H3. The van der Waals surface area contributed by atoms with Crippen LogP contribution in [0.4, 0.5) is 0 Å². The third kappa shape index (κ3) is 2.62. The van der Waals surface area contributed by atoms with Crippen molar-refractivity contribution in [3.05, 3.63) is 11.9 Å². The maximum absolute atomic E-state index is 5.74. The maximum atomic E-state index is 5.74. The lowest BCUT2D eigenvalue weighted by Crippen LogP contribution is -2.42. The SMILES string of the molecule is CCn1ncc(OC)c1C(CC1(OC)CCC1)NC. The highest BCUT2D eigenvalue weighted by molar-refractivity contribution is 5.29. The van der Waals surface area contributed by atoms with Crippen LogP contribution in [0.25, 0.3) is 0 Å². The number of hydrogen-bond donors (Lipinski definition) is 1. The first-order chi connectivity index (χ1) is 9.19. The van der Waals surface area contributed by atoms with Crippen molar-refractivity contribution in [1.82, 2.24) is 15.1 Å². The molecule has 1 aromatic heterocycles. The number of aromatic nitrogens is 2. The largest absolute Gasteiger partial charge is 0.493 e. The van der Waals surface area contributed by atoms with E-state index in [2.05, 4.69) is 17.3 Å². The summed E-state index contributed by atoms with van der Waals surface area (Å²) >= 11 is 0. The number of methoxy groups -OCH3 is 2. The van der Waals surface area contributed by atoms with Gasteiger partial charge in [0.15, 0.2) is 5.75 Å². The van der Waals surface area contributed by atoms with Crippen molar-refractivity contribution >= 4 is 0 Å². The van der Waals surface area contributed by atoms with E-state index in [-0.39, 0.29) is 11.6 Å². The maximum Gasteiger partial charge on any atom is 0.161 e. The van der Waals surface area contributed by atoms with Crippen LogP contribution in [0, 0.1) is 0 Å². The number of ether oxygens (including phenoxy) is 2. The molecular formula is C14H25N3O2. The van der Waals surface area contributed by atoms with Gasteiger partial charge in [0.2, 0.25) is 0 Å². The lowest BCUT2D eigenvalue weighted by atomic mass is 9.75. The van der Waals surface area contributed by atoms with Gasteiger partial charge < -0.3 is 14.8 Å². The Morgan fingerprint density at radius 1 is 1.47 bits per heavy atom. The molecule has 5 heteroatoms. The number of aryl methyl sites for hydroxylation is 1. The first-order valence-electron chi connectivity index (χ1n) is 7.01. The molecule has 0 amide bonds. The Morgan fingerprint density at radius 2 is 2.21 bits per heavy atom. The summed E-state index contributed by atoms with van der Waals surface area (Å²) in [7, 11) is 5.50. The zero-order chi connectivity index (χ0) is 13.9. The summed E-state index contributed by atoms with van der Waals surface area (Å²) in [6.45, 7) is 2.94. The van der Waals surface area contributed by atoms with E-state index in [1.165, 1.54) is 6.42 Å². The molecule has 108 valence electrons. The summed E-state index contributed by atoms with van der Waals surface area (Å²) in [6.07, 6.45) is 6.30. The molecule has 1 atom stereocenters. The molecule has 1 fully saturated rings. The Kier molecular flexibility index (Phi) is 4.47. The van der Waals surface area contributed by atoms with E-state index < -0.39 is 0 Å². The first-order valence-corrected chi connectivity index (χ1v) is 7.01. The van der Waals surface area contributed by atoms with Gasteiger partial charge in [0, 0.05) is 13.7 Å². The minimum absolute atomic E-state index is 0.0293. The lowest BCUT2D eigenvalue weighted by molar-refractivity contribution is -0.0839. The molecule has 1 saturated carbocycles. The van der Waals surface area contributed by atoms with Crippen molar-refractivity contribution in [1.29, 1.82) is 0 Å². The Labute approximate surface area is 115 Å². The zero-order valence-corrected chi connectivity index (χ0v) is 12.4. The summed E-state index contributed by atoms with van der Waals surface area (Å²) in [6, 6.07) is 0.206. The normalized spacial score (nSPS) is 18.9. The molecule has 19 heavy (non-hydrogen) atoms. The van der Waals surface area contributed by atoms with E-state index in [1.54, 1.807) is 13.3 Å². The highest BCUT2D eigenvalue weighted by Gasteiger charge is 2.40. The molecule has 1 unspecified atom stereocenters. The molecule has 2 rings (SSSR count). The average molecular weight is 267 g/mol. The minimum Gasteiger partial charge on any atom is -0.493 e. The van der Waals surface area contributed by atoms with Crippen molar-refractivity contribution in [2.45, 2.75) is 50.8 Å². The Bertz CT molecular complexity index is 386. The van der Waals surface area contributed by atoms with Crippen LogP contribution in [0.15, 0.2) is 6.20 Å². The van der Waals surface area contributed by atoms with E-state index in [4.69, 9.17) is 9.47 Å². The highest BCUT2D eigenvalue weighted by Crippen LogP contribution is 2.43. The van der Waals surface area contributed by atoms with Crippen LogP contribution in [0.2, 0.25) is 0 Å². The zero-order valence-electron chi connectivity index (χ0n) is 12.4. The van der Waals surface area contributed by atoms with Gasteiger partial charge in [0.1, 0.15) is 0 Å². The predicted octanol–water partition coefficient (Wildman–Crippen LogP) is 2.13. The third-order valence-electron chi connectivity index (χ3n) is 4.32. The van der Waals surface area contributed by atoms with Crippen LogP contribution in [0.5, 0.6) is 5.75 Å². The molecule has 0 aromatic carbocycles. The molecule has 0 bridgehead atoms. The molecular weight excluding hydrogens is 242 g/mol. The fourth-order valence-corrected chi connectivity index (χ4v) is 2.91. The number of hydrogen-bond acceptors (Lipinski definition) is 4. The summed E-state index contributed by atoms with van der Waals surface area (Å²) in [5, 5.41) is 7.78. The lowest BCUT2D eigenvalue weighted by Gasteiger charge is -2.42. The van der Waals surface area contributed by atoms with Crippen LogP contribution < -0.4 is 10.1 Å². The van der Waals surface area contributed by atoms with Crippen molar-refractivity contribution in [3.63, 3.8) is 0 Å². The van der Waals surface area contributed by atoms with Gasteiger partial charge in [0.25, 0.3) is 0 Å². The van der Waals surface area contributed by atoms with Crippen LogP contribution >= 0.6 is 0 Å². The van der Waals surface area contributed by atoms with E-state index in [0.717, 1.165) is 37.3 Å². The molecule has 1 aliphatic rings. The molecule has 1 aromatic rings. The predicted molar refractivity (Wildman–Crippen MR) is 74.5 cm³/mol. The van der Waals surface area contributed by atoms with Gasteiger partial charge in [-0.1, -0.05) is 0 Å². The van der Waals surface area contributed by atoms with Crippen molar-refractivity contribution in [2.75, 3.05) is 21.3 Å². The van der Waals surface area contributed by atoms with Crippen molar-refractivity contribution < 1.29 is 9.47 Å². The van der Waals surface area contributed by atoms with Gasteiger partial charge in [-0.3, -0.25) is 4.68 Å². The van der Waals surface area contributed by atoms with Crippen molar-refractivity contribution in [3.8, 4) is 5.75 Å². The Morgan fingerprint density at radius 3 is 2.63 bits per heavy atom. The Hall–Kier alpha value is -1.07. The molecule has 0 aliphatic heterocycles. The fourth-order valence-electron chi connectivity index (χ4n) is 2.91. The highest BCUT2D eigenvalue weighted by atomic mass is 16.5. The molecule has 0 saturated heterocycles. The number of rotatable bonds is 7. The molecule has 1 N–H and O–H groups in total. The van der Waals surface area contributed by atoms with Crippen LogP contribution in [-0.4, -0.2) is 36.6 Å². The van der Waals surface area contributed by atoms with Crippen LogP contribution in [-0.2, 0) is 11.3 Å². The van der Waals surface area contributed by atoms with Gasteiger partial charge in [-0.15, -0.1) is 0 Å². The average Bonchev–Trinajstić information content (AvgIpc) is 2.81. The van der Waals surface area contributed by atoms with Crippen molar-refractivity contribution in [2.24, 2.45) is 0 Å². The topological polar surface area (TPSA) is 48.3 Å². The minimum atomic E-state index is 0.0293.